The summed E-state index contributed by atoms with van der Waals surface area (Å²) in [6.07, 6.45) is 1.57. The van der Waals surface area contributed by atoms with Crippen LogP contribution >= 0.6 is 11.6 Å². The molecule has 0 saturated carbocycles. The second-order valence-corrected chi connectivity index (χ2v) is 3.92. The Morgan fingerprint density at radius 2 is 2.24 bits per heavy atom. The average Bonchev–Trinajstić information content (AvgIpc) is 2.36. The predicted octanol–water partition coefficient (Wildman–Crippen LogP) is 2.91. The van der Waals surface area contributed by atoms with Crippen LogP contribution in [0.3, 0.4) is 0 Å². The van der Waals surface area contributed by atoms with E-state index in [0.717, 1.165) is 18.4 Å². The number of aryl methyl sites for hydroxylation is 1. The highest BCUT2D eigenvalue weighted by molar-refractivity contribution is 6.17. The molecule has 0 heterocycles. The molecule has 0 atom stereocenters. The molecule has 3 nitrogen and oxygen atoms in total. The van der Waals surface area contributed by atoms with E-state index in [4.69, 9.17) is 21.6 Å². The molecule has 0 fully saturated rings. The van der Waals surface area contributed by atoms with E-state index >= 15 is 0 Å². The lowest BCUT2D eigenvalue weighted by Gasteiger charge is -2.05. The second kappa shape index (κ2) is 6.93. The number of nitrogens with zero attached hydrogens (tertiary/aromatic N) is 1. The van der Waals surface area contributed by atoms with Gasteiger partial charge in [-0.25, -0.2) is 4.79 Å². The zero-order valence-electron chi connectivity index (χ0n) is 9.70. The molecule has 1 aromatic carbocycles. The van der Waals surface area contributed by atoms with Crippen LogP contribution in [0.2, 0.25) is 0 Å². The van der Waals surface area contributed by atoms with E-state index in [2.05, 4.69) is 0 Å². The van der Waals surface area contributed by atoms with E-state index in [1.807, 2.05) is 6.07 Å². The Kier molecular flexibility index (Phi) is 5.51. The van der Waals surface area contributed by atoms with E-state index in [9.17, 15) is 4.79 Å². The Bertz CT molecular complexity index is 438. The number of hydrogen-bond donors (Lipinski definition) is 0. The summed E-state index contributed by atoms with van der Waals surface area (Å²) in [5.41, 5.74) is 1.84. The van der Waals surface area contributed by atoms with Gasteiger partial charge < -0.3 is 4.74 Å². The van der Waals surface area contributed by atoms with Crippen molar-refractivity contribution in [3.63, 3.8) is 0 Å². The van der Waals surface area contributed by atoms with Gasteiger partial charge in [-0.1, -0.05) is 0 Å². The number of carbonyl (C=O) groups excluding carboxylic acids is 1. The van der Waals surface area contributed by atoms with E-state index in [1.165, 1.54) is 0 Å². The predicted molar refractivity (Wildman–Crippen MR) is 66.2 cm³/mol. The molecule has 0 unspecified atom stereocenters. The third-order valence-electron chi connectivity index (χ3n) is 2.23. The van der Waals surface area contributed by atoms with Crippen molar-refractivity contribution in [2.45, 2.75) is 19.8 Å². The highest BCUT2D eigenvalue weighted by Gasteiger charge is 2.09. The largest absolute Gasteiger partial charge is 0.462 e. The molecule has 17 heavy (non-hydrogen) atoms. The maximum atomic E-state index is 11.6. The molecule has 0 aromatic heterocycles. The first-order valence-corrected chi connectivity index (χ1v) is 6.02. The highest BCUT2D eigenvalue weighted by Crippen LogP contribution is 2.13. The van der Waals surface area contributed by atoms with Gasteiger partial charge in [-0.2, -0.15) is 5.26 Å². The van der Waals surface area contributed by atoms with Crippen LogP contribution in [0.25, 0.3) is 0 Å². The maximum absolute atomic E-state index is 11.6. The Morgan fingerprint density at radius 1 is 1.47 bits per heavy atom. The molecular weight excluding hydrogens is 238 g/mol. The average molecular weight is 252 g/mol. The number of nitriles is 1. The standard InChI is InChI=1S/C13H14ClNO2/c1-2-17-13(16)12-7-10(4-3-5-14)6-11(8-12)9-15/h6-8H,2-5H2,1H3. The highest BCUT2D eigenvalue weighted by atomic mass is 35.5. The van der Waals surface area contributed by atoms with Gasteiger partial charge in [0.2, 0.25) is 0 Å². The normalized spacial score (nSPS) is 9.71. The minimum Gasteiger partial charge on any atom is -0.462 e. The van der Waals surface area contributed by atoms with Gasteiger partial charge in [0, 0.05) is 5.88 Å². The lowest BCUT2D eigenvalue weighted by molar-refractivity contribution is 0.0526. The number of rotatable bonds is 5. The second-order valence-electron chi connectivity index (χ2n) is 3.54. The van der Waals surface area contributed by atoms with Crippen molar-refractivity contribution >= 4 is 17.6 Å². The van der Waals surface area contributed by atoms with Gasteiger partial charge in [-0.15, -0.1) is 11.6 Å². The monoisotopic (exact) mass is 251 g/mol. The fraction of sp³-hybridized carbons (Fsp3) is 0.385. The lowest BCUT2D eigenvalue weighted by Crippen LogP contribution is -2.06. The lowest BCUT2D eigenvalue weighted by atomic mass is 10.0. The third-order valence-corrected chi connectivity index (χ3v) is 2.50. The topological polar surface area (TPSA) is 50.1 Å². The van der Waals surface area contributed by atoms with Gasteiger partial charge in [-0.3, -0.25) is 0 Å². The SMILES string of the molecule is CCOC(=O)c1cc(C#N)cc(CCCCl)c1. The summed E-state index contributed by atoms with van der Waals surface area (Å²) in [5.74, 6) is 0.169. The van der Waals surface area contributed by atoms with E-state index in [1.54, 1.807) is 25.1 Å². The molecule has 1 rings (SSSR count). The summed E-state index contributed by atoms with van der Waals surface area (Å²) < 4.78 is 4.91. The minimum atomic E-state index is -0.392. The number of ether oxygens (including phenoxy) is 1. The summed E-state index contributed by atoms with van der Waals surface area (Å²) in [6, 6.07) is 7.11. The zero-order chi connectivity index (χ0) is 12.7. The van der Waals surface area contributed by atoms with Crippen LogP contribution in [0.5, 0.6) is 0 Å². The molecule has 0 aliphatic rings. The van der Waals surface area contributed by atoms with Crippen molar-refractivity contribution in [3.8, 4) is 6.07 Å². The van der Waals surface area contributed by atoms with Crippen molar-refractivity contribution in [1.29, 1.82) is 5.26 Å². The van der Waals surface area contributed by atoms with E-state index in [0.29, 0.717) is 23.6 Å². The first-order chi connectivity index (χ1) is 8.21. The van der Waals surface area contributed by atoms with Crippen LogP contribution in [0.1, 0.15) is 34.8 Å². The zero-order valence-corrected chi connectivity index (χ0v) is 10.5. The first kappa shape index (κ1) is 13.5. The van der Waals surface area contributed by atoms with Gasteiger partial charge in [0.1, 0.15) is 0 Å². The van der Waals surface area contributed by atoms with Crippen LogP contribution < -0.4 is 0 Å². The van der Waals surface area contributed by atoms with Crippen molar-refractivity contribution < 1.29 is 9.53 Å². The Morgan fingerprint density at radius 3 is 2.82 bits per heavy atom. The van der Waals surface area contributed by atoms with Crippen LogP contribution in [0.15, 0.2) is 18.2 Å². The number of halogens is 1. The van der Waals surface area contributed by atoms with Crippen molar-refractivity contribution in [2.24, 2.45) is 0 Å². The number of esters is 1. The number of benzene rings is 1. The molecule has 0 amide bonds. The van der Waals surface area contributed by atoms with E-state index < -0.39 is 5.97 Å². The Labute approximate surface area is 106 Å². The quantitative estimate of drug-likeness (QED) is 0.597. The molecule has 0 N–H and O–H groups in total. The summed E-state index contributed by atoms with van der Waals surface area (Å²) in [4.78, 5) is 11.6. The van der Waals surface area contributed by atoms with Gasteiger partial charge in [0.25, 0.3) is 0 Å². The maximum Gasteiger partial charge on any atom is 0.338 e. The molecule has 0 saturated heterocycles. The Balaban J connectivity index is 2.97. The van der Waals surface area contributed by atoms with Gasteiger partial charge in [-0.05, 0) is 43.5 Å². The summed E-state index contributed by atoms with van der Waals surface area (Å²) in [5, 5.41) is 8.90. The number of alkyl halides is 1. The van der Waals surface area contributed by atoms with Crippen molar-refractivity contribution in [1.82, 2.24) is 0 Å². The number of hydrogen-bond acceptors (Lipinski definition) is 3. The minimum absolute atomic E-state index is 0.326. The van der Waals surface area contributed by atoms with Gasteiger partial charge in [0.05, 0.1) is 23.8 Å². The molecule has 0 aliphatic carbocycles. The van der Waals surface area contributed by atoms with Crippen LogP contribution in [0, 0.1) is 11.3 Å². The molecule has 4 heteroatoms. The first-order valence-electron chi connectivity index (χ1n) is 5.48. The molecule has 1 aromatic rings. The fourth-order valence-electron chi connectivity index (χ4n) is 1.50. The van der Waals surface area contributed by atoms with Crippen LogP contribution in [-0.4, -0.2) is 18.5 Å². The Hall–Kier alpha value is -1.53. The van der Waals surface area contributed by atoms with E-state index in [-0.39, 0.29) is 0 Å². The van der Waals surface area contributed by atoms with Crippen molar-refractivity contribution in [3.05, 3.63) is 34.9 Å². The van der Waals surface area contributed by atoms with Crippen molar-refractivity contribution in [2.75, 3.05) is 12.5 Å². The number of carbonyl (C=O) groups is 1. The summed E-state index contributed by atoms with van der Waals surface area (Å²) >= 11 is 5.62. The van der Waals surface area contributed by atoms with Gasteiger partial charge in [0.15, 0.2) is 0 Å². The van der Waals surface area contributed by atoms with Crippen LogP contribution in [-0.2, 0) is 11.2 Å². The fourth-order valence-corrected chi connectivity index (χ4v) is 1.64. The van der Waals surface area contributed by atoms with Crippen LogP contribution in [0.4, 0.5) is 0 Å². The smallest absolute Gasteiger partial charge is 0.338 e. The molecule has 0 bridgehead atoms. The molecule has 0 aliphatic heterocycles. The molecule has 90 valence electrons. The molecule has 0 radical (unpaired) electrons. The summed E-state index contributed by atoms with van der Waals surface area (Å²) in [7, 11) is 0. The third kappa shape index (κ3) is 4.08. The molecular formula is C13H14ClNO2. The molecule has 0 spiro atoms. The summed E-state index contributed by atoms with van der Waals surface area (Å²) in [6.45, 7) is 2.08. The van der Waals surface area contributed by atoms with Gasteiger partial charge >= 0.3 is 5.97 Å².